The first-order valence-electron chi connectivity index (χ1n) is 13.3. The van der Waals surface area contributed by atoms with Gasteiger partial charge in [0.1, 0.15) is 30.2 Å². The minimum atomic E-state index is -0.862. The lowest BCUT2D eigenvalue weighted by Gasteiger charge is -2.35. The molecule has 0 spiro atoms. The fourth-order valence-electron chi connectivity index (χ4n) is 5.42. The maximum absolute atomic E-state index is 14.0. The number of hydrogen-bond donors (Lipinski definition) is 2. The molecule has 10 heteroatoms. The van der Waals surface area contributed by atoms with Crippen molar-refractivity contribution in [2.24, 2.45) is 0 Å². The van der Waals surface area contributed by atoms with Crippen molar-refractivity contribution in [3.63, 3.8) is 0 Å². The molecule has 37 heavy (non-hydrogen) atoms. The Morgan fingerprint density at radius 1 is 1.08 bits per heavy atom. The van der Waals surface area contributed by atoms with Crippen molar-refractivity contribution in [3.05, 3.63) is 47.2 Å². The second kappa shape index (κ2) is 9.83. The quantitative estimate of drug-likeness (QED) is 0.520. The highest BCUT2D eigenvalue weighted by Crippen LogP contribution is 2.35. The molecule has 2 fully saturated rings. The molecule has 0 aliphatic carbocycles. The molecule has 196 valence electrons. The molecule has 3 aliphatic heterocycles. The van der Waals surface area contributed by atoms with Gasteiger partial charge in [0.05, 0.1) is 17.3 Å². The second-order valence-electron chi connectivity index (χ2n) is 10.4. The number of anilines is 2. The number of aromatic nitrogens is 3. The standard InChI is InChI=1S/C27H35N7O3/c1-18-7-8-22-19(14-18)27(36)33-12-4-3-6-21(33)20-15-24-29-23(32-10-5-11-32)16-26(34(24)30-20)31(2)13-9-28-25(35)17-37-22/h7-8,14-16,21,25,28,35H,3-6,9-13,17H2,1-2H3. The number of rotatable bonds is 1. The summed E-state index contributed by atoms with van der Waals surface area (Å²) < 4.78 is 7.87. The van der Waals surface area contributed by atoms with Crippen molar-refractivity contribution < 1.29 is 14.6 Å². The van der Waals surface area contributed by atoms with Crippen LogP contribution in [0.3, 0.4) is 0 Å². The van der Waals surface area contributed by atoms with Crippen LogP contribution in [0.15, 0.2) is 30.3 Å². The molecule has 1 aromatic carbocycles. The van der Waals surface area contributed by atoms with E-state index in [-0.39, 0.29) is 18.6 Å². The summed E-state index contributed by atoms with van der Waals surface area (Å²) in [6.45, 7) is 5.90. The molecule has 10 nitrogen and oxygen atoms in total. The van der Waals surface area contributed by atoms with Crippen molar-refractivity contribution in [1.29, 1.82) is 0 Å². The number of ether oxygens (including phenoxy) is 1. The number of aliphatic hydroxyl groups is 1. The highest BCUT2D eigenvalue weighted by atomic mass is 16.5. The van der Waals surface area contributed by atoms with Gasteiger partial charge in [0.25, 0.3) is 5.91 Å². The molecule has 6 rings (SSSR count). The molecular weight excluding hydrogens is 470 g/mol. The van der Waals surface area contributed by atoms with Crippen molar-refractivity contribution in [1.82, 2.24) is 24.8 Å². The van der Waals surface area contributed by atoms with Crippen molar-refractivity contribution in [2.45, 2.75) is 44.9 Å². The van der Waals surface area contributed by atoms with E-state index in [1.165, 1.54) is 6.42 Å². The van der Waals surface area contributed by atoms with Crippen LogP contribution in [0.4, 0.5) is 11.6 Å². The maximum atomic E-state index is 14.0. The van der Waals surface area contributed by atoms with Gasteiger partial charge >= 0.3 is 0 Å². The van der Waals surface area contributed by atoms with E-state index in [2.05, 4.69) is 21.2 Å². The average Bonchev–Trinajstić information content (AvgIpc) is 3.29. The van der Waals surface area contributed by atoms with Crippen LogP contribution in [0.2, 0.25) is 0 Å². The predicted octanol–water partition coefficient (Wildman–Crippen LogP) is 2.35. The zero-order valence-corrected chi connectivity index (χ0v) is 21.6. The van der Waals surface area contributed by atoms with Gasteiger partial charge in [-0.05, 0) is 44.7 Å². The number of fused-ring (bicyclic) bond motifs is 4. The van der Waals surface area contributed by atoms with Crippen LogP contribution in [-0.2, 0) is 0 Å². The average molecular weight is 506 g/mol. The van der Waals surface area contributed by atoms with Crippen LogP contribution in [0.25, 0.3) is 5.65 Å². The molecule has 0 saturated carbocycles. The highest BCUT2D eigenvalue weighted by Gasteiger charge is 2.33. The number of carbonyl (C=O) groups excluding carboxylic acids is 1. The summed E-state index contributed by atoms with van der Waals surface area (Å²) in [6, 6.07) is 9.63. The number of amides is 1. The molecule has 2 N–H and O–H groups in total. The lowest BCUT2D eigenvalue weighted by molar-refractivity contribution is 0.0584. The molecule has 0 radical (unpaired) electrons. The SMILES string of the molecule is Cc1ccc2c(c1)C(=O)N1CCCCC1c1cc3nc(N4CCC4)cc(n3n1)N(C)CCNC(O)CO2. The third-order valence-electron chi connectivity index (χ3n) is 7.68. The van der Waals surface area contributed by atoms with Gasteiger partial charge in [0.2, 0.25) is 0 Å². The summed E-state index contributed by atoms with van der Waals surface area (Å²) in [5.41, 5.74) is 3.16. The lowest BCUT2D eigenvalue weighted by Crippen LogP contribution is -2.41. The Morgan fingerprint density at radius 2 is 1.95 bits per heavy atom. The molecule has 1 amide bonds. The zero-order valence-electron chi connectivity index (χ0n) is 21.6. The van der Waals surface area contributed by atoms with Crippen molar-refractivity contribution in [2.75, 3.05) is 56.2 Å². The van der Waals surface area contributed by atoms with Gasteiger partial charge in [0.15, 0.2) is 5.65 Å². The Labute approximate surface area is 216 Å². The molecule has 2 aromatic heterocycles. The number of hydrogen-bond acceptors (Lipinski definition) is 8. The third kappa shape index (κ3) is 4.59. The van der Waals surface area contributed by atoms with Crippen LogP contribution >= 0.6 is 0 Å². The number of benzene rings is 1. The topological polar surface area (TPSA) is 98.5 Å². The number of aryl methyl sites for hydroxylation is 1. The normalized spacial score (nSPS) is 23.0. The Balaban J connectivity index is 1.46. The molecule has 2 atom stereocenters. The third-order valence-corrected chi connectivity index (χ3v) is 7.68. The van der Waals surface area contributed by atoms with Gasteiger partial charge in [-0.2, -0.15) is 9.61 Å². The van der Waals surface area contributed by atoms with Gasteiger partial charge < -0.3 is 24.5 Å². The van der Waals surface area contributed by atoms with Gasteiger partial charge in [-0.1, -0.05) is 11.6 Å². The van der Waals surface area contributed by atoms with Crippen molar-refractivity contribution >= 4 is 23.2 Å². The molecule has 2 bridgehead atoms. The van der Waals surface area contributed by atoms with Gasteiger partial charge in [-0.3, -0.25) is 10.1 Å². The number of piperidine rings is 1. The first-order chi connectivity index (χ1) is 18.0. The Kier molecular flexibility index (Phi) is 6.37. The van der Waals surface area contributed by atoms with Crippen LogP contribution < -0.4 is 19.9 Å². The van der Waals surface area contributed by atoms with Crippen LogP contribution in [0, 0.1) is 6.92 Å². The molecule has 2 saturated heterocycles. The van der Waals surface area contributed by atoms with E-state index in [9.17, 15) is 9.90 Å². The van der Waals surface area contributed by atoms with Gasteiger partial charge in [-0.15, -0.1) is 0 Å². The minimum Gasteiger partial charge on any atom is -0.489 e. The first kappa shape index (κ1) is 24.0. The van der Waals surface area contributed by atoms with Gasteiger partial charge in [-0.25, -0.2) is 4.98 Å². The van der Waals surface area contributed by atoms with Gasteiger partial charge in [0, 0.05) is 51.9 Å². The second-order valence-corrected chi connectivity index (χ2v) is 10.4. The summed E-state index contributed by atoms with van der Waals surface area (Å²) in [6.07, 6.45) is 3.15. The smallest absolute Gasteiger partial charge is 0.258 e. The summed E-state index contributed by atoms with van der Waals surface area (Å²) in [5.74, 6) is 2.31. The molecule has 5 heterocycles. The van der Waals surface area contributed by atoms with E-state index in [4.69, 9.17) is 14.8 Å². The summed E-state index contributed by atoms with van der Waals surface area (Å²) in [5, 5.41) is 18.7. The lowest BCUT2D eigenvalue weighted by atomic mass is 9.97. The van der Waals surface area contributed by atoms with E-state index in [0.29, 0.717) is 30.9 Å². The van der Waals surface area contributed by atoms with E-state index in [1.807, 2.05) is 47.7 Å². The van der Waals surface area contributed by atoms with E-state index >= 15 is 0 Å². The van der Waals surface area contributed by atoms with Crippen LogP contribution in [-0.4, -0.2) is 83.1 Å². The first-order valence-corrected chi connectivity index (χ1v) is 13.3. The van der Waals surface area contributed by atoms with Crippen molar-refractivity contribution in [3.8, 4) is 5.75 Å². The van der Waals surface area contributed by atoms with E-state index in [0.717, 1.165) is 60.9 Å². The number of likely N-dealkylation sites (N-methyl/N-ethyl adjacent to an activating group) is 1. The molecule has 2 unspecified atom stereocenters. The van der Waals surface area contributed by atoms with Crippen LogP contribution in [0.1, 0.15) is 53.3 Å². The maximum Gasteiger partial charge on any atom is 0.258 e. The Morgan fingerprint density at radius 3 is 2.76 bits per heavy atom. The molecular formula is C27H35N7O3. The Hall–Kier alpha value is -3.37. The monoisotopic (exact) mass is 505 g/mol. The van der Waals surface area contributed by atoms with E-state index < -0.39 is 6.23 Å². The summed E-state index contributed by atoms with van der Waals surface area (Å²) in [7, 11) is 2.03. The van der Waals surface area contributed by atoms with Crippen LogP contribution in [0.5, 0.6) is 5.75 Å². The molecule has 3 aromatic rings. The number of aliphatic hydroxyl groups excluding tert-OH is 1. The number of nitrogens with one attached hydrogen (secondary N) is 1. The summed E-state index contributed by atoms with van der Waals surface area (Å²) in [4.78, 5) is 25.3. The Bertz CT molecular complexity index is 1300. The van der Waals surface area contributed by atoms with E-state index in [1.54, 1.807) is 0 Å². The number of carbonyl (C=O) groups is 1. The summed E-state index contributed by atoms with van der Waals surface area (Å²) >= 11 is 0. The fourth-order valence-corrected chi connectivity index (χ4v) is 5.42. The fraction of sp³-hybridized carbons (Fsp3) is 0.519. The number of nitrogens with zero attached hydrogens (tertiary/aromatic N) is 6. The minimum absolute atomic E-state index is 0.0511. The molecule has 3 aliphatic rings. The zero-order chi connectivity index (χ0) is 25.5. The highest BCUT2D eigenvalue weighted by molar-refractivity contribution is 5.97. The largest absolute Gasteiger partial charge is 0.489 e. The predicted molar refractivity (Wildman–Crippen MR) is 141 cm³/mol.